The molecule has 0 atom stereocenters. The normalized spacial score (nSPS) is 16.5. The van der Waals surface area contributed by atoms with Crippen molar-refractivity contribution in [3.05, 3.63) is 93.0 Å². The summed E-state index contributed by atoms with van der Waals surface area (Å²) in [5.74, 6) is 0. The van der Waals surface area contributed by atoms with Gasteiger partial charge in [-0.3, -0.25) is 28.2 Å². The third kappa shape index (κ3) is 4.31. The standard InChI is InChI=1S/C23H24N6O3/c30-19-15-26(13-17-11-22(31)28-7-3-1-5-20(28)24-17)9-10-27(16-19)14-18-12-23(32)29-8-4-2-6-21(29)25-18/h1-8,11-12,19,30H,9-10,13-16H2. The lowest BCUT2D eigenvalue weighted by Crippen LogP contribution is -2.33. The summed E-state index contributed by atoms with van der Waals surface area (Å²) in [5.41, 5.74) is 2.37. The molecule has 0 saturated carbocycles. The second-order valence-electron chi connectivity index (χ2n) is 8.15. The maximum Gasteiger partial charge on any atom is 0.258 e. The largest absolute Gasteiger partial charge is 0.390 e. The predicted octanol–water partition coefficient (Wildman–Crippen LogP) is 0.381. The van der Waals surface area contributed by atoms with Crippen molar-refractivity contribution in [1.29, 1.82) is 0 Å². The number of aliphatic hydroxyl groups is 1. The predicted molar refractivity (Wildman–Crippen MR) is 119 cm³/mol. The minimum Gasteiger partial charge on any atom is -0.390 e. The second-order valence-corrected chi connectivity index (χ2v) is 8.15. The van der Waals surface area contributed by atoms with E-state index in [-0.39, 0.29) is 11.1 Å². The molecule has 1 aliphatic rings. The smallest absolute Gasteiger partial charge is 0.258 e. The van der Waals surface area contributed by atoms with Gasteiger partial charge in [-0.25, -0.2) is 9.97 Å². The number of aromatic nitrogens is 4. The number of hydrogen-bond acceptors (Lipinski definition) is 7. The van der Waals surface area contributed by atoms with Gasteiger partial charge in [0.25, 0.3) is 11.1 Å². The highest BCUT2D eigenvalue weighted by molar-refractivity contribution is 5.38. The van der Waals surface area contributed by atoms with Crippen molar-refractivity contribution in [3.8, 4) is 0 Å². The molecular weight excluding hydrogens is 408 g/mol. The first-order valence-corrected chi connectivity index (χ1v) is 10.6. The van der Waals surface area contributed by atoms with E-state index in [1.807, 2.05) is 24.3 Å². The zero-order chi connectivity index (χ0) is 22.1. The molecule has 9 nitrogen and oxygen atoms in total. The van der Waals surface area contributed by atoms with Crippen LogP contribution in [0.15, 0.2) is 70.5 Å². The van der Waals surface area contributed by atoms with E-state index in [0.717, 1.165) is 0 Å². The Labute approximate surface area is 183 Å². The van der Waals surface area contributed by atoms with E-state index in [4.69, 9.17) is 0 Å². The molecule has 4 aromatic heterocycles. The van der Waals surface area contributed by atoms with Gasteiger partial charge >= 0.3 is 0 Å². The Balaban J connectivity index is 1.30. The molecule has 0 aliphatic carbocycles. The van der Waals surface area contributed by atoms with Crippen LogP contribution in [0.5, 0.6) is 0 Å². The molecule has 1 aliphatic heterocycles. The Morgan fingerprint density at radius 2 is 1.25 bits per heavy atom. The average Bonchev–Trinajstić information content (AvgIpc) is 2.94. The first-order valence-electron chi connectivity index (χ1n) is 10.6. The molecule has 5 heterocycles. The van der Waals surface area contributed by atoms with Gasteiger partial charge in [0, 0.05) is 63.8 Å². The van der Waals surface area contributed by atoms with E-state index in [0.29, 0.717) is 62.0 Å². The monoisotopic (exact) mass is 432 g/mol. The van der Waals surface area contributed by atoms with E-state index in [9.17, 15) is 14.7 Å². The summed E-state index contributed by atoms with van der Waals surface area (Å²) in [6.07, 6.45) is 2.85. The van der Waals surface area contributed by atoms with Gasteiger partial charge in [0.05, 0.1) is 17.5 Å². The van der Waals surface area contributed by atoms with Crippen LogP contribution in [0.3, 0.4) is 0 Å². The Bertz CT molecular complexity index is 1280. The fraction of sp³-hybridized carbons (Fsp3) is 0.304. The summed E-state index contributed by atoms with van der Waals surface area (Å²) < 4.78 is 3.03. The van der Waals surface area contributed by atoms with Crippen molar-refractivity contribution in [1.82, 2.24) is 28.6 Å². The van der Waals surface area contributed by atoms with Crippen molar-refractivity contribution in [2.75, 3.05) is 26.2 Å². The van der Waals surface area contributed by atoms with E-state index < -0.39 is 6.10 Å². The van der Waals surface area contributed by atoms with Crippen LogP contribution in [-0.4, -0.2) is 66.0 Å². The molecule has 4 aromatic rings. The quantitative estimate of drug-likeness (QED) is 0.498. The third-order valence-electron chi connectivity index (χ3n) is 5.69. The van der Waals surface area contributed by atoms with Gasteiger partial charge in [-0.2, -0.15) is 0 Å². The lowest BCUT2D eigenvalue weighted by atomic mass is 10.3. The van der Waals surface area contributed by atoms with Crippen molar-refractivity contribution in [2.24, 2.45) is 0 Å². The van der Waals surface area contributed by atoms with Gasteiger partial charge < -0.3 is 5.11 Å². The molecule has 0 radical (unpaired) electrons. The van der Waals surface area contributed by atoms with Gasteiger partial charge in [0.2, 0.25) is 0 Å². The van der Waals surface area contributed by atoms with E-state index in [1.54, 1.807) is 36.7 Å². The van der Waals surface area contributed by atoms with Crippen molar-refractivity contribution < 1.29 is 5.11 Å². The highest BCUT2D eigenvalue weighted by atomic mass is 16.3. The minimum atomic E-state index is -0.555. The SMILES string of the molecule is O=c1cc(CN2CCN(Cc3cc(=O)n4ccccc4n3)CC(O)C2)nc2ccccn12. The van der Waals surface area contributed by atoms with Crippen LogP contribution < -0.4 is 11.1 Å². The summed E-state index contributed by atoms with van der Waals surface area (Å²) in [5, 5.41) is 10.6. The fourth-order valence-electron chi connectivity index (χ4n) is 4.23. The zero-order valence-corrected chi connectivity index (χ0v) is 17.5. The lowest BCUT2D eigenvalue weighted by molar-refractivity contribution is 0.105. The maximum absolute atomic E-state index is 12.4. The van der Waals surface area contributed by atoms with Crippen LogP contribution in [0.25, 0.3) is 11.3 Å². The Hall–Kier alpha value is -3.40. The van der Waals surface area contributed by atoms with Crippen molar-refractivity contribution in [3.63, 3.8) is 0 Å². The topological polar surface area (TPSA) is 95.5 Å². The average molecular weight is 432 g/mol. The highest BCUT2D eigenvalue weighted by Crippen LogP contribution is 2.11. The molecular formula is C23H24N6O3. The van der Waals surface area contributed by atoms with Gasteiger partial charge in [0.1, 0.15) is 11.3 Å². The molecule has 9 heteroatoms. The Morgan fingerprint density at radius 3 is 1.72 bits per heavy atom. The maximum atomic E-state index is 12.4. The van der Waals surface area contributed by atoms with Crippen LogP contribution in [-0.2, 0) is 13.1 Å². The minimum absolute atomic E-state index is 0.115. The highest BCUT2D eigenvalue weighted by Gasteiger charge is 2.22. The molecule has 164 valence electrons. The third-order valence-corrected chi connectivity index (χ3v) is 5.69. The first-order chi connectivity index (χ1) is 15.5. The van der Waals surface area contributed by atoms with E-state index >= 15 is 0 Å². The van der Waals surface area contributed by atoms with Gasteiger partial charge in [-0.1, -0.05) is 12.1 Å². The van der Waals surface area contributed by atoms with Crippen LogP contribution in [0.1, 0.15) is 11.4 Å². The van der Waals surface area contributed by atoms with Gasteiger partial charge in [-0.05, 0) is 24.3 Å². The van der Waals surface area contributed by atoms with Crippen LogP contribution in [0.2, 0.25) is 0 Å². The molecule has 0 aromatic carbocycles. The number of fused-ring (bicyclic) bond motifs is 2. The second kappa shape index (κ2) is 8.62. The van der Waals surface area contributed by atoms with Crippen LogP contribution in [0.4, 0.5) is 0 Å². The first kappa shape index (κ1) is 20.5. The summed E-state index contributed by atoms with van der Waals surface area (Å²) in [6.45, 7) is 3.36. The van der Waals surface area contributed by atoms with Gasteiger partial charge in [-0.15, -0.1) is 0 Å². The summed E-state index contributed by atoms with van der Waals surface area (Å²) in [6, 6.07) is 14.0. The number of nitrogens with zero attached hydrogens (tertiary/aromatic N) is 6. The lowest BCUT2D eigenvalue weighted by Gasteiger charge is -2.21. The van der Waals surface area contributed by atoms with Crippen molar-refractivity contribution >= 4 is 11.3 Å². The van der Waals surface area contributed by atoms with Crippen LogP contribution >= 0.6 is 0 Å². The summed E-state index contributed by atoms with van der Waals surface area (Å²) >= 11 is 0. The molecule has 0 bridgehead atoms. The molecule has 32 heavy (non-hydrogen) atoms. The van der Waals surface area contributed by atoms with Crippen LogP contribution in [0, 0.1) is 0 Å². The molecule has 1 saturated heterocycles. The number of rotatable bonds is 4. The molecule has 0 spiro atoms. The Kier molecular flexibility index (Phi) is 5.52. The zero-order valence-electron chi connectivity index (χ0n) is 17.5. The molecule has 0 amide bonds. The number of hydrogen-bond donors (Lipinski definition) is 1. The number of pyridine rings is 2. The van der Waals surface area contributed by atoms with E-state index in [2.05, 4.69) is 19.8 Å². The molecule has 0 unspecified atom stereocenters. The van der Waals surface area contributed by atoms with Crippen molar-refractivity contribution in [2.45, 2.75) is 19.2 Å². The number of β-amino-alcohol motifs (C(OH)–C–C–N with tert-alkyl or cyclic N) is 1. The molecule has 1 fully saturated rings. The number of aliphatic hydroxyl groups excluding tert-OH is 1. The summed E-state index contributed by atoms with van der Waals surface area (Å²) in [7, 11) is 0. The molecule has 5 rings (SSSR count). The molecule has 1 N–H and O–H groups in total. The fourth-order valence-corrected chi connectivity index (χ4v) is 4.23. The Morgan fingerprint density at radius 1 is 0.781 bits per heavy atom. The van der Waals surface area contributed by atoms with E-state index in [1.165, 1.54) is 8.80 Å². The van der Waals surface area contributed by atoms with Gasteiger partial charge in [0.15, 0.2) is 0 Å². The summed E-state index contributed by atoms with van der Waals surface area (Å²) in [4.78, 5) is 38.1.